The SMILES string of the molecule is C=C(C)OC(=O)c1cccc(C(=O)O)c1.C=C(C)OC(=O)c1cccc(C(=O)O)c1. The van der Waals surface area contributed by atoms with Gasteiger partial charge in [0.05, 0.1) is 33.8 Å². The van der Waals surface area contributed by atoms with Crippen LogP contribution in [-0.4, -0.2) is 34.1 Å². The van der Waals surface area contributed by atoms with E-state index in [1.165, 1.54) is 48.5 Å². The minimum Gasteiger partial charge on any atom is -0.478 e. The highest BCUT2D eigenvalue weighted by atomic mass is 16.5. The average Bonchev–Trinajstić information content (AvgIpc) is 2.67. The van der Waals surface area contributed by atoms with Gasteiger partial charge in [0.25, 0.3) is 0 Å². The van der Waals surface area contributed by atoms with Crippen molar-refractivity contribution in [3.63, 3.8) is 0 Å². The van der Waals surface area contributed by atoms with Gasteiger partial charge in [-0.25, -0.2) is 19.2 Å². The molecule has 0 saturated carbocycles. The van der Waals surface area contributed by atoms with Crippen LogP contribution >= 0.6 is 0 Å². The lowest BCUT2D eigenvalue weighted by Crippen LogP contribution is -2.05. The van der Waals surface area contributed by atoms with Crippen LogP contribution in [0.1, 0.15) is 55.3 Å². The van der Waals surface area contributed by atoms with E-state index in [0.717, 1.165) is 0 Å². The fourth-order valence-corrected chi connectivity index (χ4v) is 1.99. The van der Waals surface area contributed by atoms with E-state index in [9.17, 15) is 19.2 Å². The number of carbonyl (C=O) groups is 4. The third-order valence-corrected chi connectivity index (χ3v) is 3.22. The molecule has 0 aliphatic heterocycles. The molecule has 30 heavy (non-hydrogen) atoms. The van der Waals surface area contributed by atoms with Crippen molar-refractivity contribution in [1.29, 1.82) is 0 Å². The number of carboxylic acid groups (broad SMARTS) is 2. The van der Waals surface area contributed by atoms with Crippen LogP contribution in [0.15, 0.2) is 73.2 Å². The Hall–Kier alpha value is -4.20. The van der Waals surface area contributed by atoms with E-state index in [0.29, 0.717) is 0 Å². The molecule has 0 spiro atoms. The molecule has 0 aliphatic rings. The number of rotatable bonds is 6. The summed E-state index contributed by atoms with van der Waals surface area (Å²) in [6, 6.07) is 11.3. The molecule has 2 N–H and O–H groups in total. The van der Waals surface area contributed by atoms with Crippen LogP contribution in [0.25, 0.3) is 0 Å². The molecule has 0 amide bonds. The molecule has 0 bridgehead atoms. The predicted octanol–water partition coefficient (Wildman–Crippen LogP) is 4.15. The zero-order chi connectivity index (χ0) is 22.8. The van der Waals surface area contributed by atoms with Crippen LogP contribution in [0.3, 0.4) is 0 Å². The molecule has 0 radical (unpaired) electrons. The van der Waals surface area contributed by atoms with Crippen LogP contribution in [0.5, 0.6) is 0 Å². The first kappa shape index (κ1) is 23.8. The normalized spacial score (nSPS) is 9.40. The molecule has 8 nitrogen and oxygen atoms in total. The standard InChI is InChI=1S/2C11H10O4/c2*1-7(2)15-11(14)9-5-3-4-8(6-9)10(12)13/h2*3-6H,1H2,2H3,(H,12,13). The van der Waals surface area contributed by atoms with E-state index in [1.807, 2.05) is 0 Å². The smallest absolute Gasteiger partial charge is 0.343 e. The quantitative estimate of drug-likeness (QED) is 0.535. The highest BCUT2D eigenvalue weighted by Crippen LogP contribution is 2.09. The molecule has 2 rings (SSSR count). The Labute approximate surface area is 172 Å². The minimum absolute atomic E-state index is 0.0474. The van der Waals surface area contributed by atoms with Crippen molar-refractivity contribution in [2.24, 2.45) is 0 Å². The van der Waals surface area contributed by atoms with Gasteiger partial charge < -0.3 is 19.7 Å². The van der Waals surface area contributed by atoms with E-state index in [1.54, 1.807) is 13.8 Å². The first-order valence-corrected chi connectivity index (χ1v) is 8.43. The Bertz CT molecular complexity index is 922. The van der Waals surface area contributed by atoms with Gasteiger partial charge in [0.15, 0.2) is 0 Å². The molecule has 0 unspecified atom stereocenters. The molecule has 2 aromatic rings. The van der Waals surface area contributed by atoms with Gasteiger partial charge in [-0.2, -0.15) is 0 Å². The monoisotopic (exact) mass is 412 g/mol. The van der Waals surface area contributed by atoms with E-state index in [-0.39, 0.29) is 33.8 Å². The second kappa shape index (κ2) is 11.0. The summed E-state index contributed by atoms with van der Waals surface area (Å²) in [7, 11) is 0. The second-order valence-electron chi connectivity index (χ2n) is 5.95. The van der Waals surface area contributed by atoms with Crippen LogP contribution in [0.4, 0.5) is 0 Å². The number of hydrogen-bond donors (Lipinski definition) is 2. The van der Waals surface area contributed by atoms with Crippen LogP contribution < -0.4 is 0 Å². The lowest BCUT2D eigenvalue weighted by Gasteiger charge is -2.03. The van der Waals surface area contributed by atoms with Crippen LogP contribution in [-0.2, 0) is 9.47 Å². The van der Waals surface area contributed by atoms with Gasteiger partial charge in [-0.1, -0.05) is 25.3 Å². The number of hydrogen-bond acceptors (Lipinski definition) is 6. The fourth-order valence-electron chi connectivity index (χ4n) is 1.99. The highest BCUT2D eigenvalue weighted by Gasteiger charge is 2.11. The van der Waals surface area contributed by atoms with E-state index < -0.39 is 23.9 Å². The Kier molecular flexibility index (Phi) is 8.71. The summed E-state index contributed by atoms with van der Waals surface area (Å²) in [5, 5.41) is 17.4. The summed E-state index contributed by atoms with van der Waals surface area (Å²) >= 11 is 0. The van der Waals surface area contributed by atoms with Gasteiger partial charge in [-0.15, -0.1) is 0 Å². The summed E-state index contributed by atoms with van der Waals surface area (Å²) in [4.78, 5) is 44.0. The number of ether oxygens (including phenoxy) is 2. The molecule has 0 heterocycles. The number of benzene rings is 2. The number of allylic oxidation sites excluding steroid dienone is 2. The summed E-state index contributed by atoms with van der Waals surface area (Å²) in [6.07, 6.45) is 0. The first-order valence-electron chi connectivity index (χ1n) is 8.43. The summed E-state index contributed by atoms with van der Waals surface area (Å²) < 4.78 is 9.49. The number of aromatic carboxylic acids is 2. The van der Waals surface area contributed by atoms with Gasteiger partial charge in [0.2, 0.25) is 0 Å². The molecule has 0 aromatic heterocycles. The summed E-state index contributed by atoms with van der Waals surface area (Å²) in [6.45, 7) is 9.92. The number of esters is 2. The minimum atomic E-state index is -1.08. The van der Waals surface area contributed by atoms with Crippen molar-refractivity contribution >= 4 is 23.9 Å². The van der Waals surface area contributed by atoms with Gasteiger partial charge in [0.1, 0.15) is 0 Å². The van der Waals surface area contributed by atoms with E-state index >= 15 is 0 Å². The zero-order valence-corrected chi connectivity index (χ0v) is 16.4. The maximum Gasteiger partial charge on any atom is 0.343 e. The van der Waals surface area contributed by atoms with Gasteiger partial charge >= 0.3 is 23.9 Å². The molecule has 0 atom stereocenters. The van der Waals surface area contributed by atoms with E-state index in [2.05, 4.69) is 13.2 Å². The molecule has 8 heteroatoms. The van der Waals surface area contributed by atoms with Crippen molar-refractivity contribution < 1.29 is 38.9 Å². The van der Waals surface area contributed by atoms with Crippen molar-refractivity contribution in [2.45, 2.75) is 13.8 Å². The number of carbonyl (C=O) groups excluding carboxylic acids is 2. The lowest BCUT2D eigenvalue weighted by molar-refractivity contribution is 0.0616. The fraction of sp³-hybridized carbons (Fsp3) is 0.0909. The van der Waals surface area contributed by atoms with Crippen molar-refractivity contribution in [2.75, 3.05) is 0 Å². The molecule has 156 valence electrons. The molecular weight excluding hydrogens is 392 g/mol. The van der Waals surface area contributed by atoms with Crippen molar-refractivity contribution in [3.8, 4) is 0 Å². The van der Waals surface area contributed by atoms with Crippen molar-refractivity contribution in [3.05, 3.63) is 95.5 Å². The molecule has 0 fully saturated rings. The number of carboxylic acids is 2. The predicted molar refractivity (Wildman–Crippen MR) is 107 cm³/mol. The Morgan fingerprint density at radius 3 is 1.23 bits per heavy atom. The molecular formula is C22H20O8. The zero-order valence-electron chi connectivity index (χ0n) is 16.4. The van der Waals surface area contributed by atoms with Gasteiger partial charge in [-0.05, 0) is 50.2 Å². The molecule has 2 aromatic carbocycles. The summed E-state index contributed by atoms with van der Waals surface area (Å²) in [5.74, 6) is -2.85. The van der Waals surface area contributed by atoms with Gasteiger partial charge in [-0.3, -0.25) is 0 Å². The first-order chi connectivity index (χ1) is 14.0. The van der Waals surface area contributed by atoms with Gasteiger partial charge in [0, 0.05) is 0 Å². The van der Waals surface area contributed by atoms with Crippen LogP contribution in [0.2, 0.25) is 0 Å². The van der Waals surface area contributed by atoms with E-state index in [4.69, 9.17) is 19.7 Å². The summed E-state index contributed by atoms with van der Waals surface area (Å²) in [5.41, 5.74) is 0.480. The topological polar surface area (TPSA) is 127 Å². The van der Waals surface area contributed by atoms with Crippen LogP contribution in [0, 0.1) is 0 Å². The Morgan fingerprint density at radius 1 is 0.667 bits per heavy atom. The Morgan fingerprint density at radius 2 is 0.967 bits per heavy atom. The largest absolute Gasteiger partial charge is 0.478 e. The van der Waals surface area contributed by atoms with Crippen molar-refractivity contribution in [1.82, 2.24) is 0 Å². The maximum atomic E-state index is 11.4. The average molecular weight is 412 g/mol. The lowest BCUT2D eigenvalue weighted by atomic mass is 10.1. The molecule has 0 saturated heterocycles. The third kappa shape index (κ3) is 7.81. The molecule has 0 aliphatic carbocycles. The maximum absolute atomic E-state index is 11.4. The third-order valence-electron chi connectivity index (χ3n) is 3.22. The second-order valence-corrected chi connectivity index (χ2v) is 5.95. The Balaban J connectivity index is 0.000000300. The highest BCUT2D eigenvalue weighted by molar-refractivity contribution is 5.95.